The smallest absolute Gasteiger partial charge is 0.414 e. The molecule has 0 heterocycles. The van der Waals surface area contributed by atoms with E-state index in [0.717, 1.165) is 12.8 Å². The molecule has 0 bridgehead atoms. The molecule has 0 aromatic heterocycles. The molecule has 0 fully saturated rings. The van der Waals surface area contributed by atoms with Crippen LogP contribution in [0.4, 0.5) is 0 Å². The molecule has 0 aliphatic heterocycles. The molecule has 0 aliphatic carbocycles. The van der Waals surface area contributed by atoms with Crippen LogP contribution in [0.25, 0.3) is 0 Å². The monoisotopic (exact) mass is 173 g/mol. The van der Waals surface area contributed by atoms with Crippen molar-refractivity contribution in [3.05, 3.63) is 12.7 Å². The third-order valence-electron chi connectivity index (χ3n) is 0.909. The molecule has 4 nitrogen and oxygen atoms in total. The van der Waals surface area contributed by atoms with E-state index in [1.807, 2.05) is 6.92 Å². The zero-order valence-corrected chi connectivity index (χ0v) is 7.08. The average Bonchev–Trinajstić information content (AvgIpc) is 2.06. The number of hydrogen-bond acceptors (Lipinski definition) is 3. The minimum Gasteiger partial charge on any atom is -0.473 e. The molecule has 0 rings (SSSR count). The van der Waals surface area contributed by atoms with Crippen LogP contribution in [-0.4, -0.2) is 24.2 Å². The van der Waals surface area contributed by atoms with Gasteiger partial charge in [-0.1, -0.05) is 19.9 Å². The number of esters is 1. The van der Waals surface area contributed by atoms with Crippen molar-refractivity contribution in [2.75, 3.05) is 6.61 Å². The summed E-state index contributed by atoms with van der Waals surface area (Å²) in [5.41, 5.74) is 0. The highest BCUT2D eigenvalue weighted by Crippen LogP contribution is 1.88. The lowest BCUT2D eigenvalue weighted by molar-refractivity contribution is -0.137. The molecule has 0 amide bonds. The summed E-state index contributed by atoms with van der Waals surface area (Å²) in [7, 11) is 0. The van der Waals surface area contributed by atoms with Gasteiger partial charge in [-0.3, -0.25) is 0 Å². The lowest BCUT2D eigenvalue weighted by Crippen LogP contribution is -2.00. The largest absolute Gasteiger partial charge is 0.473 e. The van der Waals surface area contributed by atoms with E-state index in [-0.39, 0.29) is 5.97 Å². The van der Waals surface area contributed by atoms with Crippen molar-refractivity contribution in [3.8, 4) is 0 Å². The number of unbranched alkanes of at least 4 members (excludes halogenated alkanes) is 1. The molecule has 0 atom stereocenters. The highest BCUT2D eigenvalue weighted by atomic mass is 16.5. The molecule has 1 radical (unpaired) electrons. The zero-order valence-electron chi connectivity index (χ0n) is 7.08. The van der Waals surface area contributed by atoms with Crippen LogP contribution in [0.3, 0.4) is 0 Å². The molecule has 0 aromatic rings. The van der Waals surface area contributed by atoms with Gasteiger partial charge in [0, 0.05) is 6.08 Å². The van der Waals surface area contributed by atoms with Gasteiger partial charge >= 0.3 is 12.4 Å². The van der Waals surface area contributed by atoms with Gasteiger partial charge in [0.1, 0.15) is 0 Å². The van der Waals surface area contributed by atoms with Gasteiger partial charge in [-0.15, -0.1) is 0 Å². The van der Waals surface area contributed by atoms with Gasteiger partial charge < -0.3 is 9.84 Å². The van der Waals surface area contributed by atoms with Crippen LogP contribution in [0.15, 0.2) is 12.7 Å². The second kappa shape index (κ2) is 12.4. The van der Waals surface area contributed by atoms with Crippen molar-refractivity contribution in [2.24, 2.45) is 0 Å². The molecule has 1 N–H and O–H groups in total. The summed E-state index contributed by atoms with van der Waals surface area (Å²) in [6.07, 6.45) is 3.15. The molecule has 0 spiro atoms. The lowest BCUT2D eigenvalue weighted by atomic mass is 10.4. The highest BCUT2D eigenvalue weighted by Gasteiger charge is 1.91. The minimum atomic E-state index is -0.330. The Morgan fingerprint density at radius 1 is 1.75 bits per heavy atom. The Bertz CT molecular complexity index is 131. The van der Waals surface area contributed by atoms with E-state index in [9.17, 15) is 4.79 Å². The van der Waals surface area contributed by atoms with E-state index < -0.39 is 0 Å². The van der Waals surface area contributed by atoms with Crippen LogP contribution in [-0.2, 0) is 14.3 Å². The van der Waals surface area contributed by atoms with E-state index in [1.165, 1.54) is 6.08 Å². The van der Waals surface area contributed by atoms with Crippen LogP contribution < -0.4 is 0 Å². The number of rotatable bonds is 4. The maximum atomic E-state index is 10.3. The maximum Gasteiger partial charge on any atom is 0.414 e. The van der Waals surface area contributed by atoms with Crippen molar-refractivity contribution >= 4 is 12.4 Å². The van der Waals surface area contributed by atoms with Crippen LogP contribution in [0.5, 0.6) is 0 Å². The van der Waals surface area contributed by atoms with Crippen molar-refractivity contribution in [1.29, 1.82) is 0 Å². The van der Waals surface area contributed by atoms with Crippen molar-refractivity contribution in [1.82, 2.24) is 0 Å². The Morgan fingerprint density at radius 2 is 2.25 bits per heavy atom. The second-order valence-electron chi connectivity index (χ2n) is 1.82. The number of hydrogen-bond donors (Lipinski definition) is 1. The fourth-order valence-electron chi connectivity index (χ4n) is 0.376. The molecule has 0 aromatic carbocycles. The van der Waals surface area contributed by atoms with Crippen LogP contribution in [0.1, 0.15) is 19.8 Å². The summed E-state index contributed by atoms with van der Waals surface area (Å²) in [5, 5.41) is 6.76. The third-order valence-corrected chi connectivity index (χ3v) is 0.909. The summed E-state index contributed by atoms with van der Waals surface area (Å²) in [6.45, 7) is 6.32. The molecule has 69 valence electrons. The highest BCUT2D eigenvalue weighted by molar-refractivity contribution is 5.81. The third kappa shape index (κ3) is 15.9. The van der Waals surface area contributed by atoms with Crippen molar-refractivity contribution in [3.63, 3.8) is 0 Å². The molecule has 0 saturated heterocycles. The predicted molar refractivity (Wildman–Crippen MR) is 44.4 cm³/mol. The Kier molecular flexibility index (Phi) is 13.7. The lowest BCUT2D eigenvalue weighted by Gasteiger charge is -1.97. The van der Waals surface area contributed by atoms with E-state index >= 15 is 0 Å². The van der Waals surface area contributed by atoms with E-state index in [2.05, 4.69) is 11.3 Å². The van der Waals surface area contributed by atoms with E-state index in [1.54, 1.807) is 0 Å². The fourth-order valence-corrected chi connectivity index (χ4v) is 0.376. The molecule has 4 heteroatoms. The van der Waals surface area contributed by atoms with Gasteiger partial charge in [-0.2, -0.15) is 0 Å². The van der Waals surface area contributed by atoms with Gasteiger partial charge in [0.2, 0.25) is 0 Å². The predicted octanol–water partition coefficient (Wildman–Crippen LogP) is 1.13. The van der Waals surface area contributed by atoms with Gasteiger partial charge in [0.15, 0.2) is 0 Å². The normalized spacial score (nSPS) is 7.42. The van der Waals surface area contributed by atoms with Crippen LogP contribution in [0.2, 0.25) is 0 Å². The molecule has 0 unspecified atom stereocenters. The topological polar surface area (TPSA) is 63.6 Å². The summed E-state index contributed by atoms with van der Waals surface area (Å²) >= 11 is 0. The van der Waals surface area contributed by atoms with E-state index in [4.69, 9.17) is 9.90 Å². The van der Waals surface area contributed by atoms with Gasteiger partial charge in [-0.25, -0.2) is 9.59 Å². The van der Waals surface area contributed by atoms with Gasteiger partial charge in [0.05, 0.1) is 6.61 Å². The summed E-state index contributed by atoms with van der Waals surface area (Å²) in [5.74, 6) is -0.330. The average molecular weight is 173 g/mol. The minimum absolute atomic E-state index is 0.330. The first-order valence-corrected chi connectivity index (χ1v) is 3.53. The molecular weight excluding hydrogens is 160 g/mol. The Balaban J connectivity index is 0. The number of carbonyl (C=O) groups is 1. The second-order valence-corrected chi connectivity index (χ2v) is 1.82. The zero-order chi connectivity index (χ0) is 9.82. The van der Waals surface area contributed by atoms with E-state index in [0.29, 0.717) is 13.1 Å². The Morgan fingerprint density at radius 3 is 2.58 bits per heavy atom. The summed E-state index contributed by atoms with van der Waals surface area (Å²) in [4.78, 5) is 18.6. The maximum absolute atomic E-state index is 10.3. The first-order chi connectivity index (χ1) is 5.72. The quantitative estimate of drug-likeness (QED) is 0.393. The Labute approximate surface area is 71.8 Å². The first-order valence-electron chi connectivity index (χ1n) is 3.53. The van der Waals surface area contributed by atoms with Crippen LogP contribution in [0, 0.1) is 0 Å². The van der Waals surface area contributed by atoms with Gasteiger partial charge in [-0.05, 0) is 6.42 Å². The standard InChI is InChI=1S/C7H12O2.CHO2/c1-3-5-6-9-7(8)4-2;2-1-3/h4H,2-3,5-6H2,1H3;(H,2,3). The van der Waals surface area contributed by atoms with Crippen molar-refractivity contribution < 1.29 is 19.4 Å². The number of ether oxygens (including phenoxy) is 1. The first kappa shape index (κ1) is 13.3. The van der Waals surface area contributed by atoms with Crippen LogP contribution >= 0.6 is 0 Å². The van der Waals surface area contributed by atoms with Crippen molar-refractivity contribution in [2.45, 2.75) is 19.8 Å². The molecular formula is C8H13O4. The summed E-state index contributed by atoms with van der Waals surface area (Å²) < 4.78 is 4.67. The molecule has 12 heavy (non-hydrogen) atoms. The van der Waals surface area contributed by atoms with Gasteiger partial charge in [0.25, 0.3) is 0 Å². The number of carbonyl (C=O) groups excluding carboxylic acids is 1. The summed E-state index contributed by atoms with van der Waals surface area (Å²) in [6, 6.07) is 0. The molecule has 0 aliphatic rings. The fraction of sp³-hybridized carbons (Fsp3) is 0.500. The number of aliphatic hydroxyl groups excluding tert-OH is 1. The SMILES string of the molecule is C=CC(=O)OCCCC.O=[C]O. The Hall–Kier alpha value is -1.32. The molecule has 0 saturated carbocycles.